The second-order valence-electron chi connectivity index (χ2n) is 5.61. The molecule has 1 atom stereocenters. The predicted octanol–water partition coefficient (Wildman–Crippen LogP) is 2.95. The van der Waals surface area contributed by atoms with Gasteiger partial charge in [0.2, 0.25) is 0 Å². The van der Waals surface area contributed by atoms with Crippen molar-refractivity contribution >= 4 is 21.4 Å². The molecule has 0 N–H and O–H groups in total. The van der Waals surface area contributed by atoms with E-state index in [2.05, 4.69) is 0 Å². The predicted molar refractivity (Wildman–Crippen MR) is 91.1 cm³/mol. The fraction of sp³-hybridized carbons (Fsp3) is 0.167. The summed E-state index contributed by atoms with van der Waals surface area (Å²) >= 11 is 0. The number of anilines is 1. The fourth-order valence-electron chi connectivity index (χ4n) is 2.68. The van der Waals surface area contributed by atoms with Gasteiger partial charge in [0, 0.05) is 16.7 Å². The normalized spacial score (nSPS) is 18.7. The average molecular weight is 327 g/mol. The number of carbonyl (C=O) groups is 1. The summed E-state index contributed by atoms with van der Waals surface area (Å²) < 4.78 is 23.6. The third kappa shape index (κ3) is 3.35. The lowest BCUT2D eigenvalue weighted by Gasteiger charge is -2.28. The van der Waals surface area contributed by atoms with Crippen molar-refractivity contribution in [1.82, 2.24) is 0 Å². The number of nitrogens with zero attached hydrogens (tertiary/aromatic N) is 1. The molecule has 0 radical (unpaired) electrons. The number of rotatable bonds is 3. The number of carbonyl (C=O) groups excluding carboxylic acids is 1. The minimum absolute atomic E-state index is 0.0838. The monoisotopic (exact) mass is 327 g/mol. The largest absolute Gasteiger partial charge is 0.300 e. The third-order valence-corrected chi connectivity index (χ3v) is 5.14. The Morgan fingerprint density at radius 2 is 1.83 bits per heavy atom. The molecule has 0 aliphatic carbocycles. The van der Waals surface area contributed by atoms with E-state index in [9.17, 15) is 13.2 Å². The molecule has 1 aliphatic heterocycles. The topological polar surface area (TPSA) is 54.5 Å². The van der Waals surface area contributed by atoms with Crippen LogP contribution < -0.4 is 4.90 Å². The van der Waals surface area contributed by atoms with Crippen LogP contribution in [0.25, 0.3) is 0 Å². The van der Waals surface area contributed by atoms with Crippen molar-refractivity contribution in [2.75, 3.05) is 10.7 Å². The molecule has 4 nitrogen and oxygen atoms in total. The number of hydrogen-bond acceptors (Lipinski definition) is 3. The highest BCUT2D eigenvalue weighted by molar-refractivity contribution is 7.94. The average Bonchev–Trinajstić information content (AvgIpc) is 2.88. The van der Waals surface area contributed by atoms with Gasteiger partial charge in [-0.25, -0.2) is 8.42 Å². The zero-order valence-corrected chi connectivity index (χ0v) is 13.5. The van der Waals surface area contributed by atoms with Crippen LogP contribution in [-0.4, -0.2) is 26.1 Å². The second-order valence-corrected chi connectivity index (χ2v) is 7.54. The van der Waals surface area contributed by atoms with Crippen molar-refractivity contribution in [2.24, 2.45) is 0 Å². The molecule has 2 aromatic rings. The van der Waals surface area contributed by atoms with Gasteiger partial charge in [-0.15, -0.1) is 0 Å². The van der Waals surface area contributed by atoms with Crippen molar-refractivity contribution in [2.45, 2.75) is 13.0 Å². The maximum absolute atomic E-state index is 13.0. The van der Waals surface area contributed by atoms with Crippen LogP contribution in [0.4, 0.5) is 5.69 Å². The van der Waals surface area contributed by atoms with Crippen molar-refractivity contribution in [3.8, 4) is 0 Å². The Hall–Kier alpha value is -2.40. The van der Waals surface area contributed by atoms with Crippen LogP contribution in [-0.2, 0) is 9.84 Å². The van der Waals surface area contributed by atoms with E-state index in [1.165, 1.54) is 5.41 Å². The van der Waals surface area contributed by atoms with Gasteiger partial charge in [0.25, 0.3) is 5.91 Å². The lowest BCUT2D eigenvalue weighted by molar-refractivity contribution is 0.0983. The maximum atomic E-state index is 13.0. The number of benzene rings is 2. The summed E-state index contributed by atoms with van der Waals surface area (Å²) in [5, 5.41) is 1.19. The molecule has 1 heterocycles. The molecule has 0 saturated carbocycles. The van der Waals surface area contributed by atoms with Gasteiger partial charge in [-0.3, -0.25) is 4.79 Å². The van der Waals surface area contributed by atoms with E-state index in [1.54, 1.807) is 35.2 Å². The maximum Gasteiger partial charge on any atom is 0.258 e. The van der Waals surface area contributed by atoms with Gasteiger partial charge in [0.1, 0.15) is 0 Å². The summed E-state index contributed by atoms with van der Waals surface area (Å²) in [6.07, 6.45) is 1.58. The Labute approximate surface area is 136 Å². The molecule has 0 saturated heterocycles. The summed E-state index contributed by atoms with van der Waals surface area (Å²) in [4.78, 5) is 14.5. The molecular formula is C18H17NO3S. The van der Waals surface area contributed by atoms with Crippen LogP contribution in [0.5, 0.6) is 0 Å². The third-order valence-electron chi connectivity index (χ3n) is 3.76. The fourth-order valence-corrected chi connectivity index (χ4v) is 3.95. The van der Waals surface area contributed by atoms with Crippen LogP contribution in [0.15, 0.2) is 66.1 Å². The van der Waals surface area contributed by atoms with Crippen molar-refractivity contribution < 1.29 is 13.2 Å². The summed E-state index contributed by atoms with van der Waals surface area (Å²) in [5.74, 6) is -0.289. The molecule has 0 spiro atoms. The van der Waals surface area contributed by atoms with Gasteiger partial charge in [0.15, 0.2) is 9.84 Å². The summed E-state index contributed by atoms with van der Waals surface area (Å²) in [6.45, 7) is 1.94. The van der Waals surface area contributed by atoms with E-state index >= 15 is 0 Å². The van der Waals surface area contributed by atoms with E-state index < -0.39 is 15.9 Å². The van der Waals surface area contributed by atoms with Crippen molar-refractivity contribution in [3.63, 3.8) is 0 Å². The summed E-state index contributed by atoms with van der Waals surface area (Å²) in [5.41, 5.74) is 2.25. The lowest BCUT2D eigenvalue weighted by Crippen LogP contribution is -2.41. The van der Waals surface area contributed by atoms with Crippen LogP contribution >= 0.6 is 0 Å². The van der Waals surface area contributed by atoms with E-state index in [1.807, 2.05) is 37.3 Å². The van der Waals surface area contributed by atoms with Crippen LogP contribution in [0.2, 0.25) is 0 Å². The van der Waals surface area contributed by atoms with Gasteiger partial charge in [-0.1, -0.05) is 30.3 Å². The van der Waals surface area contributed by atoms with Gasteiger partial charge in [-0.2, -0.15) is 0 Å². The van der Waals surface area contributed by atoms with Gasteiger partial charge < -0.3 is 4.90 Å². The number of sulfone groups is 1. The number of aryl methyl sites for hydroxylation is 1. The van der Waals surface area contributed by atoms with Crippen LogP contribution in [0.1, 0.15) is 15.9 Å². The summed E-state index contributed by atoms with van der Waals surface area (Å²) in [7, 11) is -3.25. The molecule has 0 aromatic heterocycles. The van der Waals surface area contributed by atoms with Gasteiger partial charge in [-0.05, 0) is 42.8 Å². The number of hydrogen-bond donors (Lipinski definition) is 0. The number of amides is 1. The van der Waals surface area contributed by atoms with Crippen molar-refractivity contribution in [1.29, 1.82) is 0 Å². The highest BCUT2D eigenvalue weighted by atomic mass is 32.2. The molecular weight excluding hydrogens is 310 g/mol. The molecule has 3 rings (SSSR count). The van der Waals surface area contributed by atoms with E-state index in [-0.39, 0.29) is 11.7 Å². The Morgan fingerprint density at radius 3 is 2.43 bits per heavy atom. The van der Waals surface area contributed by atoms with E-state index in [0.29, 0.717) is 11.3 Å². The van der Waals surface area contributed by atoms with Crippen molar-refractivity contribution in [3.05, 3.63) is 77.2 Å². The Balaban J connectivity index is 2.04. The first-order chi connectivity index (χ1) is 11.0. The minimum Gasteiger partial charge on any atom is -0.300 e. The lowest BCUT2D eigenvalue weighted by atomic mass is 10.1. The molecule has 5 heteroatoms. The molecule has 1 aliphatic rings. The van der Waals surface area contributed by atoms with Gasteiger partial charge in [0.05, 0.1) is 11.8 Å². The Kier molecular flexibility index (Phi) is 4.05. The molecule has 23 heavy (non-hydrogen) atoms. The Bertz CT molecular complexity index is 857. The first kappa shape index (κ1) is 15.5. The zero-order chi connectivity index (χ0) is 16.4. The smallest absolute Gasteiger partial charge is 0.258 e. The molecule has 0 bridgehead atoms. The minimum atomic E-state index is -3.25. The van der Waals surface area contributed by atoms with E-state index in [4.69, 9.17) is 0 Å². The first-order valence-corrected chi connectivity index (χ1v) is 9.04. The van der Waals surface area contributed by atoms with Crippen LogP contribution in [0, 0.1) is 6.92 Å². The highest BCUT2D eigenvalue weighted by Gasteiger charge is 2.31. The second kappa shape index (κ2) is 6.01. The molecule has 0 fully saturated rings. The Morgan fingerprint density at radius 1 is 1.09 bits per heavy atom. The quantitative estimate of drug-likeness (QED) is 0.871. The first-order valence-electron chi connectivity index (χ1n) is 7.32. The molecule has 118 valence electrons. The molecule has 1 unspecified atom stereocenters. The van der Waals surface area contributed by atoms with Crippen LogP contribution in [0.3, 0.4) is 0 Å². The molecule has 2 aromatic carbocycles. The SMILES string of the molecule is Cc1cccc(N(C(=O)c2ccccc2)C2C=CS(=O)(=O)C2)c1. The highest BCUT2D eigenvalue weighted by Crippen LogP contribution is 2.25. The van der Waals surface area contributed by atoms with Gasteiger partial charge >= 0.3 is 0 Å². The van der Waals surface area contributed by atoms with E-state index in [0.717, 1.165) is 5.56 Å². The summed E-state index contributed by atoms with van der Waals surface area (Å²) in [6, 6.07) is 15.9. The zero-order valence-electron chi connectivity index (χ0n) is 12.7. The standard InChI is InChI=1S/C18H17NO3S/c1-14-6-5-9-16(12-14)19(17-10-11-23(21,22)13-17)18(20)15-7-3-2-4-8-15/h2-12,17H,13H2,1H3. The molecule has 1 amide bonds.